The van der Waals surface area contributed by atoms with Crippen LogP contribution in [0.15, 0.2) is 41.5 Å². The normalized spacial score (nSPS) is 15.2. The van der Waals surface area contributed by atoms with E-state index in [1.807, 2.05) is 32.2 Å². The molecule has 9 heteroatoms. The van der Waals surface area contributed by atoms with Gasteiger partial charge in [0.15, 0.2) is 5.65 Å². The first-order valence-corrected chi connectivity index (χ1v) is 11.0. The van der Waals surface area contributed by atoms with Crippen molar-refractivity contribution in [2.45, 2.75) is 33.2 Å². The van der Waals surface area contributed by atoms with Crippen molar-refractivity contribution < 1.29 is 0 Å². The average Bonchev–Trinajstić information content (AvgIpc) is 3.35. The van der Waals surface area contributed by atoms with Gasteiger partial charge in [0.05, 0.1) is 21.8 Å². The van der Waals surface area contributed by atoms with Crippen LogP contribution in [0.5, 0.6) is 0 Å². The topological polar surface area (TPSA) is 81.2 Å². The minimum Gasteiger partial charge on any atom is -0.356 e. The zero-order chi connectivity index (χ0) is 20.7. The molecule has 0 N–H and O–H groups in total. The Balaban J connectivity index is 1.28. The molecule has 0 bridgehead atoms. The lowest BCUT2D eigenvalue weighted by Gasteiger charge is -2.32. The summed E-state index contributed by atoms with van der Waals surface area (Å²) in [6, 6.07) is 7.35. The van der Waals surface area contributed by atoms with Gasteiger partial charge in [-0.05, 0) is 44.7 Å². The lowest BCUT2D eigenvalue weighted by Crippen LogP contribution is -2.37. The maximum atomic E-state index is 12.4. The van der Waals surface area contributed by atoms with E-state index < -0.39 is 0 Å². The van der Waals surface area contributed by atoms with E-state index >= 15 is 0 Å². The van der Waals surface area contributed by atoms with Crippen molar-refractivity contribution in [2.24, 2.45) is 5.92 Å². The molecule has 154 valence electrons. The number of hydrogen-bond donors (Lipinski definition) is 0. The molecule has 0 aliphatic carbocycles. The number of anilines is 1. The minimum atomic E-state index is -0.0482. The zero-order valence-corrected chi connectivity index (χ0v) is 17.8. The fourth-order valence-corrected chi connectivity index (χ4v) is 4.92. The fraction of sp³-hybridized carbons (Fsp3) is 0.381. The highest BCUT2D eigenvalue weighted by atomic mass is 32.1. The van der Waals surface area contributed by atoms with Crippen molar-refractivity contribution in [1.29, 1.82) is 0 Å². The highest BCUT2D eigenvalue weighted by Crippen LogP contribution is 2.28. The summed E-state index contributed by atoms with van der Waals surface area (Å²) < 4.78 is 3.40. The van der Waals surface area contributed by atoms with Gasteiger partial charge in [-0.3, -0.25) is 4.79 Å². The molecule has 0 aromatic carbocycles. The average molecular weight is 422 g/mol. The molecule has 1 saturated heterocycles. The van der Waals surface area contributed by atoms with Gasteiger partial charge in [0.25, 0.3) is 5.56 Å². The van der Waals surface area contributed by atoms with Gasteiger partial charge in [-0.1, -0.05) is 0 Å². The molecule has 4 aromatic rings. The molecule has 1 fully saturated rings. The largest absolute Gasteiger partial charge is 0.356 e. The molecular formula is C21H23N7OS. The zero-order valence-electron chi connectivity index (χ0n) is 17.0. The highest BCUT2D eigenvalue weighted by molar-refractivity contribution is 7.15. The lowest BCUT2D eigenvalue weighted by atomic mass is 9.97. The number of piperidine rings is 1. The van der Waals surface area contributed by atoms with Crippen molar-refractivity contribution in [2.75, 3.05) is 18.0 Å². The molecule has 0 spiro atoms. The Morgan fingerprint density at radius 3 is 2.70 bits per heavy atom. The number of rotatable bonds is 4. The van der Waals surface area contributed by atoms with Crippen molar-refractivity contribution >= 4 is 22.8 Å². The van der Waals surface area contributed by atoms with Crippen molar-refractivity contribution in [3.8, 4) is 10.6 Å². The SMILES string of the molecule is Cc1nc(C)c(-c2ccc(=O)n(CC3CCN(c4ccn5nccc5n4)CC3)n2)s1. The van der Waals surface area contributed by atoms with E-state index in [4.69, 9.17) is 4.98 Å². The van der Waals surface area contributed by atoms with E-state index in [0.29, 0.717) is 12.5 Å². The van der Waals surface area contributed by atoms with Gasteiger partial charge in [-0.25, -0.2) is 19.2 Å². The molecule has 1 aliphatic heterocycles. The van der Waals surface area contributed by atoms with E-state index in [2.05, 4.69) is 20.1 Å². The Morgan fingerprint density at radius 1 is 1.10 bits per heavy atom. The molecule has 1 aliphatic rings. The minimum absolute atomic E-state index is 0.0482. The van der Waals surface area contributed by atoms with Gasteiger partial charge in [-0.2, -0.15) is 10.2 Å². The fourth-order valence-electron chi connectivity index (χ4n) is 4.04. The standard InChI is InChI=1S/C21H23N7OS/c1-14-21(30-15(2)23-14)17-3-4-20(29)28(25-17)13-16-6-10-26(11-7-16)18-8-12-27-19(24-18)5-9-22-27/h3-5,8-9,12,16H,6-7,10-11,13H2,1-2H3. The third kappa shape index (κ3) is 3.60. The summed E-state index contributed by atoms with van der Waals surface area (Å²) in [5.74, 6) is 1.40. The summed E-state index contributed by atoms with van der Waals surface area (Å²) in [4.78, 5) is 24.9. The van der Waals surface area contributed by atoms with Crippen molar-refractivity contribution in [1.82, 2.24) is 29.4 Å². The lowest BCUT2D eigenvalue weighted by molar-refractivity contribution is 0.335. The quantitative estimate of drug-likeness (QED) is 0.504. The van der Waals surface area contributed by atoms with E-state index in [1.165, 1.54) is 0 Å². The third-order valence-corrected chi connectivity index (χ3v) is 6.71. The second-order valence-corrected chi connectivity index (χ2v) is 8.94. The summed E-state index contributed by atoms with van der Waals surface area (Å²) in [5, 5.41) is 9.87. The van der Waals surface area contributed by atoms with Gasteiger partial charge in [0.2, 0.25) is 0 Å². The highest BCUT2D eigenvalue weighted by Gasteiger charge is 2.22. The second-order valence-electron chi connectivity index (χ2n) is 7.74. The van der Waals surface area contributed by atoms with E-state index in [-0.39, 0.29) is 5.56 Å². The maximum absolute atomic E-state index is 12.4. The summed E-state index contributed by atoms with van der Waals surface area (Å²) in [7, 11) is 0. The number of thiazole rings is 1. The predicted molar refractivity (Wildman–Crippen MR) is 117 cm³/mol. The van der Waals surface area contributed by atoms with Crippen LogP contribution in [0.2, 0.25) is 0 Å². The first-order chi connectivity index (χ1) is 14.6. The monoisotopic (exact) mass is 421 g/mol. The second kappa shape index (κ2) is 7.64. The Bertz CT molecular complexity index is 1250. The van der Waals surface area contributed by atoms with Crippen LogP contribution in [-0.2, 0) is 6.54 Å². The van der Waals surface area contributed by atoms with Gasteiger partial charge in [-0.15, -0.1) is 11.3 Å². The van der Waals surface area contributed by atoms with E-state index in [9.17, 15) is 4.79 Å². The molecule has 30 heavy (non-hydrogen) atoms. The van der Waals surface area contributed by atoms with Crippen LogP contribution >= 0.6 is 11.3 Å². The predicted octanol–water partition coefficient (Wildman–Crippen LogP) is 2.94. The number of aryl methyl sites for hydroxylation is 2. The Morgan fingerprint density at radius 2 is 1.93 bits per heavy atom. The van der Waals surface area contributed by atoms with E-state index in [0.717, 1.165) is 58.7 Å². The van der Waals surface area contributed by atoms with Crippen molar-refractivity contribution in [3.63, 3.8) is 0 Å². The third-order valence-electron chi connectivity index (χ3n) is 5.62. The molecule has 5 rings (SSSR count). The molecular weight excluding hydrogens is 398 g/mol. The summed E-state index contributed by atoms with van der Waals surface area (Å²) >= 11 is 1.62. The van der Waals surface area contributed by atoms with Crippen LogP contribution in [-0.4, -0.2) is 42.5 Å². The first-order valence-electron chi connectivity index (χ1n) is 10.1. The Hall–Kier alpha value is -3.07. The molecule has 0 unspecified atom stereocenters. The smallest absolute Gasteiger partial charge is 0.266 e. The first kappa shape index (κ1) is 18.9. The summed E-state index contributed by atoms with van der Waals surface area (Å²) in [6.07, 6.45) is 5.71. The van der Waals surface area contributed by atoms with Gasteiger partial charge in [0.1, 0.15) is 11.5 Å². The molecule has 0 radical (unpaired) electrons. The molecule has 0 amide bonds. The summed E-state index contributed by atoms with van der Waals surface area (Å²) in [6.45, 7) is 6.46. The van der Waals surface area contributed by atoms with Gasteiger partial charge >= 0.3 is 0 Å². The molecule has 5 heterocycles. The maximum Gasteiger partial charge on any atom is 0.266 e. The number of hydrogen-bond acceptors (Lipinski definition) is 7. The Kier molecular flexibility index (Phi) is 4.82. The van der Waals surface area contributed by atoms with Gasteiger partial charge in [0, 0.05) is 38.0 Å². The van der Waals surface area contributed by atoms with Gasteiger partial charge < -0.3 is 4.90 Å². The number of nitrogens with zero attached hydrogens (tertiary/aromatic N) is 7. The number of fused-ring (bicyclic) bond motifs is 1. The van der Waals surface area contributed by atoms with Crippen molar-refractivity contribution in [3.05, 3.63) is 57.7 Å². The van der Waals surface area contributed by atoms with Crippen LogP contribution in [0.3, 0.4) is 0 Å². The number of aromatic nitrogens is 6. The molecule has 4 aromatic heterocycles. The van der Waals surface area contributed by atoms with Crippen LogP contribution in [0, 0.1) is 19.8 Å². The summed E-state index contributed by atoms with van der Waals surface area (Å²) in [5.41, 5.74) is 2.60. The van der Waals surface area contributed by atoms with Crippen LogP contribution in [0.1, 0.15) is 23.5 Å². The molecule has 0 saturated carbocycles. The molecule has 0 atom stereocenters. The van der Waals surface area contributed by atoms with E-state index in [1.54, 1.807) is 38.9 Å². The molecule has 8 nitrogen and oxygen atoms in total. The van der Waals surface area contributed by atoms with Crippen LogP contribution < -0.4 is 10.5 Å². The van der Waals surface area contributed by atoms with Crippen LogP contribution in [0.25, 0.3) is 16.2 Å². The Labute approximate surface area is 177 Å². The van der Waals surface area contributed by atoms with Crippen LogP contribution in [0.4, 0.5) is 5.82 Å².